The van der Waals surface area contributed by atoms with Gasteiger partial charge >= 0.3 is 0 Å². The van der Waals surface area contributed by atoms with E-state index in [4.69, 9.17) is 4.98 Å². The molecule has 1 aromatic carbocycles. The van der Waals surface area contributed by atoms with Crippen LogP contribution < -0.4 is 0 Å². The summed E-state index contributed by atoms with van der Waals surface area (Å²) in [5.74, 6) is 1.93. The van der Waals surface area contributed by atoms with Gasteiger partial charge in [0.25, 0.3) is 0 Å². The molecule has 0 radical (unpaired) electrons. The van der Waals surface area contributed by atoms with E-state index in [2.05, 4.69) is 46.5 Å². The molecule has 98 valence electrons. The maximum Gasteiger partial charge on any atom is 0.116 e. The topological polar surface area (TPSA) is 38.0 Å². The number of phenols is 1. The van der Waals surface area contributed by atoms with Gasteiger partial charge in [-0.05, 0) is 59.7 Å². The lowest BCUT2D eigenvalue weighted by molar-refractivity contribution is 0.475. The van der Waals surface area contributed by atoms with Gasteiger partial charge in [0.15, 0.2) is 0 Å². The van der Waals surface area contributed by atoms with Crippen molar-refractivity contribution in [3.63, 3.8) is 0 Å². The number of phenolic OH excluding ortho intramolecular Hbond substituents is 1. The normalized spacial score (nSPS) is 18.0. The SMILES string of the molecule is CCC1CC(I)=Cn2cc(-c3ccc(O)cc3)nc21. The number of halogens is 1. The van der Waals surface area contributed by atoms with Crippen LogP contribution in [0.3, 0.4) is 0 Å². The Labute approximate surface area is 126 Å². The van der Waals surface area contributed by atoms with Crippen LogP contribution in [-0.4, -0.2) is 14.7 Å². The molecule has 1 aliphatic rings. The highest BCUT2D eigenvalue weighted by atomic mass is 127. The molecule has 1 atom stereocenters. The van der Waals surface area contributed by atoms with E-state index in [0.29, 0.717) is 5.92 Å². The fourth-order valence-electron chi connectivity index (χ4n) is 2.44. The van der Waals surface area contributed by atoms with Gasteiger partial charge in [-0.15, -0.1) is 0 Å². The molecule has 1 aliphatic heterocycles. The smallest absolute Gasteiger partial charge is 0.116 e. The molecule has 4 heteroatoms. The van der Waals surface area contributed by atoms with Crippen LogP contribution in [0.4, 0.5) is 0 Å². The molecule has 0 spiro atoms. The van der Waals surface area contributed by atoms with Crippen LogP contribution >= 0.6 is 22.6 Å². The Morgan fingerprint density at radius 2 is 2.11 bits per heavy atom. The van der Waals surface area contributed by atoms with Crippen LogP contribution in [0.25, 0.3) is 17.5 Å². The van der Waals surface area contributed by atoms with Crippen molar-refractivity contribution in [1.29, 1.82) is 0 Å². The zero-order chi connectivity index (χ0) is 13.4. The lowest BCUT2D eigenvalue weighted by Crippen LogP contribution is -2.09. The molecule has 1 aromatic heterocycles. The van der Waals surface area contributed by atoms with Gasteiger partial charge in [-0.25, -0.2) is 4.98 Å². The molecule has 0 saturated heterocycles. The Balaban J connectivity index is 2.04. The van der Waals surface area contributed by atoms with Crippen molar-refractivity contribution < 1.29 is 5.11 Å². The van der Waals surface area contributed by atoms with E-state index in [1.807, 2.05) is 12.1 Å². The van der Waals surface area contributed by atoms with Crippen LogP contribution in [0.5, 0.6) is 5.75 Å². The first-order chi connectivity index (χ1) is 9.17. The summed E-state index contributed by atoms with van der Waals surface area (Å²) in [5.41, 5.74) is 2.01. The number of imidazole rings is 1. The monoisotopic (exact) mass is 366 g/mol. The summed E-state index contributed by atoms with van der Waals surface area (Å²) in [7, 11) is 0. The van der Waals surface area contributed by atoms with Crippen LogP contribution in [0.2, 0.25) is 0 Å². The second-order valence-corrected chi connectivity index (χ2v) is 6.21. The summed E-state index contributed by atoms with van der Waals surface area (Å²) in [6.45, 7) is 2.21. The first kappa shape index (κ1) is 12.7. The largest absolute Gasteiger partial charge is 0.508 e. The van der Waals surface area contributed by atoms with Crippen molar-refractivity contribution in [2.75, 3.05) is 0 Å². The molecule has 1 unspecified atom stereocenters. The van der Waals surface area contributed by atoms with Crippen molar-refractivity contribution in [1.82, 2.24) is 9.55 Å². The second kappa shape index (κ2) is 5.00. The average molecular weight is 366 g/mol. The number of aromatic nitrogens is 2. The highest BCUT2D eigenvalue weighted by Crippen LogP contribution is 2.35. The average Bonchev–Trinajstić information content (AvgIpc) is 2.82. The van der Waals surface area contributed by atoms with Gasteiger partial charge in [0.1, 0.15) is 11.6 Å². The second-order valence-electron chi connectivity index (χ2n) is 4.82. The van der Waals surface area contributed by atoms with Gasteiger partial charge < -0.3 is 9.67 Å². The van der Waals surface area contributed by atoms with Gasteiger partial charge in [-0.2, -0.15) is 0 Å². The van der Waals surface area contributed by atoms with Crippen molar-refractivity contribution in [3.8, 4) is 17.0 Å². The Hall–Kier alpha value is -1.30. The molecular formula is C15H15IN2O. The van der Waals surface area contributed by atoms with Crippen molar-refractivity contribution in [3.05, 3.63) is 39.9 Å². The van der Waals surface area contributed by atoms with Crippen LogP contribution in [0, 0.1) is 0 Å². The molecule has 0 bridgehead atoms. The van der Waals surface area contributed by atoms with Gasteiger partial charge in [0.2, 0.25) is 0 Å². The highest BCUT2D eigenvalue weighted by molar-refractivity contribution is 14.1. The number of allylic oxidation sites excluding steroid dienone is 1. The van der Waals surface area contributed by atoms with Crippen molar-refractivity contribution in [2.24, 2.45) is 0 Å². The zero-order valence-electron chi connectivity index (χ0n) is 10.7. The van der Waals surface area contributed by atoms with Gasteiger partial charge in [0, 0.05) is 27.5 Å². The van der Waals surface area contributed by atoms with Gasteiger partial charge in [0.05, 0.1) is 5.69 Å². The molecule has 2 heterocycles. The highest BCUT2D eigenvalue weighted by Gasteiger charge is 2.22. The van der Waals surface area contributed by atoms with Crippen molar-refractivity contribution >= 4 is 28.8 Å². The molecule has 0 fully saturated rings. The number of nitrogens with zero attached hydrogens (tertiary/aromatic N) is 2. The molecular weight excluding hydrogens is 351 g/mol. The van der Waals surface area contributed by atoms with E-state index in [-0.39, 0.29) is 5.75 Å². The predicted octanol–water partition coefficient (Wildman–Crippen LogP) is 4.39. The minimum absolute atomic E-state index is 0.286. The fraction of sp³-hybridized carbons (Fsp3) is 0.267. The lowest BCUT2D eigenvalue weighted by Gasteiger charge is -2.19. The van der Waals surface area contributed by atoms with E-state index in [0.717, 1.165) is 29.9 Å². The van der Waals surface area contributed by atoms with Crippen molar-refractivity contribution in [2.45, 2.75) is 25.7 Å². The molecule has 3 nitrogen and oxygen atoms in total. The molecule has 3 rings (SSSR count). The fourth-order valence-corrected chi connectivity index (χ4v) is 3.27. The zero-order valence-corrected chi connectivity index (χ0v) is 12.8. The maximum atomic E-state index is 9.34. The van der Waals surface area contributed by atoms with Crippen LogP contribution in [0.1, 0.15) is 31.5 Å². The van der Waals surface area contributed by atoms with Crippen LogP contribution in [-0.2, 0) is 0 Å². The number of hydrogen-bond acceptors (Lipinski definition) is 2. The summed E-state index contributed by atoms with van der Waals surface area (Å²) in [6.07, 6.45) is 6.41. The number of aromatic hydroxyl groups is 1. The quantitative estimate of drug-likeness (QED) is 0.801. The summed E-state index contributed by atoms with van der Waals surface area (Å²) in [6, 6.07) is 7.20. The minimum atomic E-state index is 0.286. The van der Waals surface area contributed by atoms with E-state index >= 15 is 0 Å². The van der Waals surface area contributed by atoms with E-state index < -0.39 is 0 Å². The minimum Gasteiger partial charge on any atom is -0.508 e. The summed E-state index contributed by atoms with van der Waals surface area (Å²) in [5, 5.41) is 9.34. The van der Waals surface area contributed by atoms with Crippen LogP contribution in [0.15, 0.2) is 34.0 Å². The Morgan fingerprint density at radius 3 is 2.79 bits per heavy atom. The third kappa shape index (κ3) is 2.41. The number of benzene rings is 1. The Morgan fingerprint density at radius 1 is 1.37 bits per heavy atom. The molecule has 19 heavy (non-hydrogen) atoms. The Bertz CT molecular complexity index is 628. The molecule has 2 aromatic rings. The summed E-state index contributed by atoms with van der Waals surface area (Å²) >= 11 is 2.40. The first-order valence-corrected chi connectivity index (χ1v) is 7.49. The standard InChI is InChI=1S/C15H15IN2O/c1-2-10-7-12(16)8-18-9-14(17-15(10)18)11-3-5-13(19)6-4-11/h3-6,8-10,19H,2,7H2,1H3. The Kier molecular flexibility index (Phi) is 3.35. The molecule has 0 amide bonds. The third-order valence-electron chi connectivity index (χ3n) is 3.50. The van der Waals surface area contributed by atoms with Gasteiger partial charge in [-0.1, -0.05) is 6.92 Å². The van der Waals surface area contributed by atoms with E-state index in [9.17, 15) is 5.11 Å². The molecule has 1 N–H and O–H groups in total. The number of rotatable bonds is 2. The maximum absolute atomic E-state index is 9.34. The summed E-state index contributed by atoms with van der Waals surface area (Å²) < 4.78 is 3.51. The van der Waals surface area contributed by atoms with E-state index in [1.54, 1.807) is 12.1 Å². The number of hydrogen-bond donors (Lipinski definition) is 1. The summed E-state index contributed by atoms with van der Waals surface area (Å²) in [4.78, 5) is 4.77. The number of fused-ring (bicyclic) bond motifs is 1. The third-order valence-corrected chi connectivity index (χ3v) is 4.22. The van der Waals surface area contributed by atoms with Gasteiger partial charge in [-0.3, -0.25) is 0 Å². The van der Waals surface area contributed by atoms with E-state index in [1.165, 1.54) is 3.58 Å². The molecule has 0 aliphatic carbocycles. The first-order valence-electron chi connectivity index (χ1n) is 6.41. The molecule has 0 saturated carbocycles. The lowest BCUT2D eigenvalue weighted by atomic mass is 10.00. The predicted molar refractivity (Wildman–Crippen MR) is 85.3 cm³/mol.